The lowest BCUT2D eigenvalue weighted by atomic mass is 9.74. The van der Waals surface area contributed by atoms with Gasteiger partial charge in [0.05, 0.1) is 11.7 Å². The molecule has 1 aromatic rings. The van der Waals surface area contributed by atoms with Crippen LogP contribution in [-0.4, -0.2) is 35.3 Å². The normalized spacial score (nSPS) is 35.1. The number of rotatable bonds is 4. The largest absolute Gasteiger partial charge is 0.349 e. The molecule has 2 heterocycles. The van der Waals surface area contributed by atoms with Crippen molar-refractivity contribution < 1.29 is 18.4 Å². The Bertz CT molecular complexity index is 787. The van der Waals surface area contributed by atoms with Gasteiger partial charge in [0, 0.05) is 25.4 Å². The second-order valence-electron chi connectivity index (χ2n) is 8.16. The second-order valence-corrected chi connectivity index (χ2v) is 8.16. The molecule has 6 atom stereocenters. The number of hydroxylamine groups is 1. The number of nitrogens with one attached hydrogen (secondary N) is 3. The maximum absolute atomic E-state index is 12.8. The second kappa shape index (κ2) is 7.88. The Morgan fingerprint density at radius 3 is 2.75 bits per heavy atom. The maximum Gasteiger partial charge on any atom is 0.279 e. The fourth-order valence-electron chi connectivity index (χ4n) is 5.00. The van der Waals surface area contributed by atoms with Crippen molar-refractivity contribution in [2.45, 2.75) is 57.0 Å². The van der Waals surface area contributed by atoms with E-state index in [1.165, 1.54) is 10.6 Å². The zero-order valence-electron chi connectivity index (χ0n) is 15.7. The van der Waals surface area contributed by atoms with Crippen LogP contribution in [0.3, 0.4) is 0 Å². The van der Waals surface area contributed by atoms with Crippen LogP contribution in [0.15, 0.2) is 23.1 Å². The van der Waals surface area contributed by atoms with Crippen LogP contribution in [0.25, 0.3) is 0 Å². The van der Waals surface area contributed by atoms with Crippen LogP contribution in [0.2, 0.25) is 0 Å². The Balaban J connectivity index is 1.33. The van der Waals surface area contributed by atoms with Gasteiger partial charge in [0.25, 0.3) is 12.3 Å². The van der Waals surface area contributed by atoms with Gasteiger partial charge in [-0.05, 0) is 55.9 Å². The van der Waals surface area contributed by atoms with E-state index in [9.17, 15) is 18.4 Å². The molecule has 0 spiro atoms. The van der Waals surface area contributed by atoms with Crippen LogP contribution < -0.4 is 21.7 Å². The first-order chi connectivity index (χ1) is 13.4. The lowest BCUT2D eigenvalue weighted by molar-refractivity contribution is -0.0688. The molecule has 154 valence electrons. The van der Waals surface area contributed by atoms with Crippen molar-refractivity contribution in [3.8, 4) is 0 Å². The lowest BCUT2D eigenvalue weighted by Gasteiger charge is -2.36. The molecule has 4 rings (SSSR count). The summed E-state index contributed by atoms with van der Waals surface area (Å²) in [5.41, 5.74) is 3.05. The van der Waals surface area contributed by atoms with E-state index < -0.39 is 12.7 Å². The monoisotopic (exact) mass is 396 g/mol. The number of aryl methyl sites for hydroxylation is 1. The fourth-order valence-corrected chi connectivity index (χ4v) is 5.00. The van der Waals surface area contributed by atoms with E-state index in [0.29, 0.717) is 17.4 Å². The summed E-state index contributed by atoms with van der Waals surface area (Å²) in [5, 5.41) is 5.97. The lowest BCUT2D eigenvalue weighted by Crippen LogP contribution is -2.46. The number of nitrogens with zero attached hydrogens (tertiary/aromatic N) is 1. The van der Waals surface area contributed by atoms with Gasteiger partial charge in [-0.15, -0.1) is 0 Å². The molecule has 2 aliphatic carbocycles. The molecule has 28 heavy (non-hydrogen) atoms. The minimum absolute atomic E-state index is 0.116. The molecular weight excluding hydrogens is 370 g/mol. The van der Waals surface area contributed by atoms with Gasteiger partial charge in [-0.2, -0.15) is 5.48 Å². The standard InChI is InChI=1S/C19H26F2N4O3/c1-25-9-12(4-7-15(25)26)18(27)22-14-6-3-10-8-11(2-5-13(10)14)17-23-19(16(20)21)28-24-17/h4,7,9-11,13-14,16-17,19,23-24H,2-3,5-6,8H2,1H3,(H,22,27)/t10?,11?,13?,14-,17?,19?/m1/s1. The Labute approximate surface area is 161 Å². The topological polar surface area (TPSA) is 84.4 Å². The van der Waals surface area contributed by atoms with Crippen molar-refractivity contribution in [3.05, 3.63) is 34.2 Å². The number of amides is 1. The summed E-state index contributed by atoms with van der Waals surface area (Å²) in [7, 11) is 1.62. The quantitative estimate of drug-likeness (QED) is 0.716. The minimum Gasteiger partial charge on any atom is -0.349 e. The van der Waals surface area contributed by atoms with Crippen molar-refractivity contribution in [1.82, 2.24) is 20.7 Å². The van der Waals surface area contributed by atoms with Crippen LogP contribution in [0, 0.1) is 17.8 Å². The van der Waals surface area contributed by atoms with E-state index in [1.807, 2.05) is 0 Å². The van der Waals surface area contributed by atoms with Crippen molar-refractivity contribution in [3.63, 3.8) is 0 Å². The summed E-state index contributed by atoms with van der Waals surface area (Å²) in [5.74, 6) is 0.957. The molecule has 9 heteroatoms. The number of carbonyl (C=O) groups is 1. The van der Waals surface area contributed by atoms with Gasteiger partial charge < -0.3 is 9.88 Å². The Morgan fingerprint density at radius 1 is 1.25 bits per heavy atom. The van der Waals surface area contributed by atoms with Gasteiger partial charge in [-0.1, -0.05) is 0 Å². The van der Waals surface area contributed by atoms with Crippen molar-refractivity contribution in [2.24, 2.45) is 24.8 Å². The molecule has 0 radical (unpaired) electrons. The predicted molar refractivity (Wildman–Crippen MR) is 97.4 cm³/mol. The molecule has 1 saturated heterocycles. The molecule has 5 unspecified atom stereocenters. The summed E-state index contributed by atoms with van der Waals surface area (Å²) in [6.45, 7) is 0. The Morgan fingerprint density at radius 2 is 2.04 bits per heavy atom. The van der Waals surface area contributed by atoms with Crippen LogP contribution in [0.5, 0.6) is 0 Å². The predicted octanol–water partition coefficient (Wildman–Crippen LogP) is 1.35. The Kier molecular flexibility index (Phi) is 5.48. The van der Waals surface area contributed by atoms with E-state index in [4.69, 9.17) is 4.84 Å². The number of hydrogen-bond acceptors (Lipinski definition) is 5. The molecule has 0 bridgehead atoms. The van der Waals surface area contributed by atoms with Gasteiger partial charge in [0.2, 0.25) is 5.56 Å². The van der Waals surface area contributed by atoms with Crippen LogP contribution in [0.1, 0.15) is 42.5 Å². The summed E-state index contributed by atoms with van der Waals surface area (Å²) >= 11 is 0. The van der Waals surface area contributed by atoms with Crippen molar-refractivity contribution in [1.29, 1.82) is 0 Å². The van der Waals surface area contributed by atoms with Crippen molar-refractivity contribution >= 4 is 5.91 Å². The SMILES string of the molecule is Cn1cc(C(=O)N[C@@H]2CCC3CC(C4NOC(C(F)F)N4)CCC32)ccc1=O. The highest BCUT2D eigenvalue weighted by Gasteiger charge is 2.44. The first-order valence-corrected chi connectivity index (χ1v) is 9.85. The molecule has 7 nitrogen and oxygen atoms in total. The van der Waals surface area contributed by atoms with E-state index in [2.05, 4.69) is 16.1 Å². The fraction of sp³-hybridized carbons (Fsp3) is 0.684. The number of fused-ring (bicyclic) bond motifs is 1. The van der Waals surface area contributed by atoms with Crippen molar-refractivity contribution in [2.75, 3.05) is 0 Å². The third-order valence-electron chi connectivity index (χ3n) is 6.48. The molecule has 1 amide bonds. The first-order valence-electron chi connectivity index (χ1n) is 9.85. The van der Waals surface area contributed by atoms with Gasteiger partial charge in [0.15, 0.2) is 6.23 Å². The highest BCUT2D eigenvalue weighted by Crippen LogP contribution is 2.45. The first kappa shape index (κ1) is 19.5. The van der Waals surface area contributed by atoms with E-state index in [1.54, 1.807) is 19.3 Å². The zero-order valence-corrected chi connectivity index (χ0v) is 15.7. The maximum atomic E-state index is 12.8. The Hall–Kier alpha value is -1.84. The van der Waals surface area contributed by atoms with E-state index in [-0.39, 0.29) is 29.6 Å². The summed E-state index contributed by atoms with van der Waals surface area (Å²) in [6, 6.07) is 3.07. The van der Waals surface area contributed by atoms with Gasteiger partial charge in [-0.25, -0.2) is 8.78 Å². The molecule has 1 aromatic heterocycles. The van der Waals surface area contributed by atoms with Gasteiger partial charge >= 0.3 is 0 Å². The van der Waals surface area contributed by atoms with Gasteiger partial charge in [-0.3, -0.25) is 19.7 Å². The van der Waals surface area contributed by atoms with Crippen LogP contribution in [0.4, 0.5) is 8.78 Å². The summed E-state index contributed by atoms with van der Waals surface area (Å²) in [6.07, 6.45) is 2.21. The van der Waals surface area contributed by atoms with Gasteiger partial charge in [0.1, 0.15) is 0 Å². The smallest absolute Gasteiger partial charge is 0.279 e. The number of alkyl halides is 2. The number of carbonyl (C=O) groups excluding carboxylic acids is 1. The molecule has 0 aromatic carbocycles. The highest BCUT2D eigenvalue weighted by atomic mass is 19.3. The third-order valence-corrected chi connectivity index (χ3v) is 6.48. The molecule has 2 saturated carbocycles. The zero-order chi connectivity index (χ0) is 19.8. The van der Waals surface area contributed by atoms with Crippen LogP contribution >= 0.6 is 0 Å². The summed E-state index contributed by atoms with van der Waals surface area (Å²) in [4.78, 5) is 29.0. The number of halogens is 2. The average Bonchev–Trinajstić information content (AvgIpc) is 3.31. The average molecular weight is 396 g/mol. The molecular formula is C19H26F2N4O3. The number of hydrogen-bond donors (Lipinski definition) is 3. The highest BCUT2D eigenvalue weighted by molar-refractivity contribution is 5.94. The summed E-state index contributed by atoms with van der Waals surface area (Å²) < 4.78 is 26.9. The minimum atomic E-state index is -2.56. The third kappa shape index (κ3) is 3.83. The van der Waals surface area contributed by atoms with E-state index in [0.717, 1.165) is 32.1 Å². The molecule has 3 N–H and O–H groups in total. The van der Waals surface area contributed by atoms with E-state index >= 15 is 0 Å². The number of pyridine rings is 1. The number of aromatic nitrogens is 1. The molecule has 3 fully saturated rings. The van der Waals surface area contributed by atoms with Crippen LogP contribution in [-0.2, 0) is 11.9 Å². The molecule has 1 aliphatic heterocycles. The molecule has 3 aliphatic rings.